The fourth-order valence-electron chi connectivity index (χ4n) is 7.27. The molecule has 0 aliphatic rings. The lowest BCUT2D eigenvalue weighted by Crippen LogP contribution is -2.04. The van der Waals surface area contributed by atoms with Crippen molar-refractivity contribution in [2.75, 3.05) is 26.4 Å². The molecule has 0 radical (unpaired) electrons. The average Bonchev–Trinajstić information content (AvgIpc) is 3.26. The molecule has 7 heteroatoms. The smallest absolute Gasteiger partial charge is 0.123 e. The van der Waals surface area contributed by atoms with Crippen LogP contribution in [-0.2, 0) is 19.8 Å². The van der Waals surface area contributed by atoms with Crippen molar-refractivity contribution in [1.29, 1.82) is 0 Å². The first kappa shape index (κ1) is 50.8. The summed E-state index contributed by atoms with van der Waals surface area (Å²) in [5.74, 6) is 4.49. The van der Waals surface area contributed by atoms with Gasteiger partial charge in [0.1, 0.15) is 47.7 Å². The summed E-state index contributed by atoms with van der Waals surface area (Å²) in [4.78, 5) is 0. The lowest BCUT2D eigenvalue weighted by molar-refractivity contribution is 0.267. The Bertz CT molecular complexity index is 1310. The molecule has 0 saturated carbocycles. The topological polar surface area (TPSA) is 75.6 Å². The zero-order valence-corrected chi connectivity index (χ0v) is 38.5. The molecule has 0 spiro atoms. The van der Waals surface area contributed by atoms with Gasteiger partial charge in [-0.3, -0.25) is 0 Å². The summed E-state index contributed by atoms with van der Waals surface area (Å²) in [7, 11) is 0. The Labute approximate surface area is 366 Å². The summed E-state index contributed by atoms with van der Waals surface area (Å²) in [5, 5.41) is 10.2. The maximum atomic E-state index is 10.2. The number of ether oxygens (including phenoxy) is 6. The number of aliphatic hydroxyl groups is 1. The zero-order chi connectivity index (χ0) is 42.7. The minimum absolute atomic E-state index is 0.121. The average molecular weight is 833 g/mol. The van der Waals surface area contributed by atoms with E-state index in [1.807, 2.05) is 30.3 Å². The zero-order valence-electron chi connectivity index (χ0n) is 38.5. The third-order valence-corrected chi connectivity index (χ3v) is 10.9. The standard InChI is InChI=1S/C53H84O7/c1-5-9-13-17-21-25-29-55-48-35-46(36-49(39-48)56-30-26-22-18-14-10-6-2)43-59-52-33-45(42-54)34-53(41-52)60-44-47-37-50(57-31-27-23-19-15-11-7-3)40-51(38-47)58-32-28-24-20-16-12-8-4/h33-41,54H,5-32,42-44H2,1-4H3. The van der Waals surface area contributed by atoms with Crippen LogP contribution >= 0.6 is 0 Å². The van der Waals surface area contributed by atoms with E-state index < -0.39 is 0 Å². The Morgan fingerprint density at radius 3 is 0.783 bits per heavy atom. The first-order valence-corrected chi connectivity index (χ1v) is 24.4. The maximum Gasteiger partial charge on any atom is 0.123 e. The molecule has 60 heavy (non-hydrogen) atoms. The summed E-state index contributed by atoms with van der Waals surface area (Å²) in [5.41, 5.74) is 2.66. The van der Waals surface area contributed by atoms with Gasteiger partial charge in [0.25, 0.3) is 0 Å². The van der Waals surface area contributed by atoms with E-state index in [4.69, 9.17) is 28.4 Å². The van der Waals surface area contributed by atoms with Gasteiger partial charge in [-0.05, 0) is 78.8 Å². The number of aliphatic hydroxyl groups excluding tert-OH is 1. The van der Waals surface area contributed by atoms with Crippen molar-refractivity contribution in [3.63, 3.8) is 0 Å². The molecule has 3 aromatic carbocycles. The molecule has 0 aromatic heterocycles. The second kappa shape index (κ2) is 34.1. The first-order chi connectivity index (χ1) is 29.6. The molecule has 0 heterocycles. The van der Waals surface area contributed by atoms with Crippen LogP contribution < -0.4 is 28.4 Å². The molecule has 0 bridgehead atoms. The van der Waals surface area contributed by atoms with Crippen molar-refractivity contribution < 1.29 is 33.5 Å². The van der Waals surface area contributed by atoms with Crippen molar-refractivity contribution in [3.05, 3.63) is 71.3 Å². The third-order valence-electron chi connectivity index (χ3n) is 10.9. The van der Waals surface area contributed by atoms with Crippen LogP contribution in [0.2, 0.25) is 0 Å². The van der Waals surface area contributed by atoms with Crippen LogP contribution in [0.15, 0.2) is 54.6 Å². The molecule has 1 N–H and O–H groups in total. The largest absolute Gasteiger partial charge is 0.493 e. The molecule has 0 aliphatic carbocycles. The summed E-state index contributed by atoms with van der Waals surface area (Å²) in [6.45, 7) is 12.3. The normalized spacial score (nSPS) is 11.2. The molecule has 0 amide bonds. The highest BCUT2D eigenvalue weighted by molar-refractivity contribution is 5.42. The number of hydrogen-bond donors (Lipinski definition) is 1. The van der Waals surface area contributed by atoms with Crippen molar-refractivity contribution in [2.24, 2.45) is 0 Å². The van der Waals surface area contributed by atoms with Crippen LogP contribution in [0.25, 0.3) is 0 Å². The molecular weight excluding hydrogens is 749 g/mol. The summed E-state index contributed by atoms with van der Waals surface area (Å²) in [6, 6.07) is 17.9. The van der Waals surface area contributed by atoms with Crippen LogP contribution in [-0.4, -0.2) is 31.5 Å². The van der Waals surface area contributed by atoms with Gasteiger partial charge in [-0.25, -0.2) is 0 Å². The molecule has 3 rings (SSSR count). The van der Waals surface area contributed by atoms with Gasteiger partial charge in [-0.15, -0.1) is 0 Å². The van der Waals surface area contributed by atoms with Gasteiger partial charge in [0.05, 0.1) is 33.0 Å². The summed E-state index contributed by atoms with van der Waals surface area (Å²) in [6.07, 6.45) is 29.3. The monoisotopic (exact) mass is 833 g/mol. The van der Waals surface area contributed by atoms with E-state index in [1.54, 1.807) is 0 Å². The number of unbranched alkanes of at least 4 members (excludes halogenated alkanes) is 20. The van der Waals surface area contributed by atoms with Gasteiger partial charge in [-0.2, -0.15) is 0 Å². The van der Waals surface area contributed by atoms with Gasteiger partial charge in [0, 0.05) is 18.2 Å². The van der Waals surface area contributed by atoms with E-state index in [0.29, 0.717) is 51.1 Å². The lowest BCUT2D eigenvalue weighted by Gasteiger charge is -2.15. The lowest BCUT2D eigenvalue weighted by atomic mass is 10.1. The van der Waals surface area contributed by atoms with E-state index in [-0.39, 0.29) is 6.61 Å². The van der Waals surface area contributed by atoms with Gasteiger partial charge < -0.3 is 33.5 Å². The fraction of sp³-hybridized carbons (Fsp3) is 0.660. The SMILES string of the molecule is CCCCCCCCOc1cc(COc2cc(CO)cc(OCc3cc(OCCCCCCCC)cc(OCCCCCCCC)c3)c2)cc(OCCCCCCCC)c1. The van der Waals surface area contributed by atoms with E-state index in [9.17, 15) is 5.11 Å². The second-order valence-corrected chi connectivity index (χ2v) is 16.6. The highest BCUT2D eigenvalue weighted by Gasteiger charge is 2.10. The predicted octanol–water partition coefficient (Wildman–Crippen LogP) is 15.3. The number of rotatable bonds is 39. The maximum absolute atomic E-state index is 10.2. The van der Waals surface area contributed by atoms with E-state index in [2.05, 4.69) is 52.0 Å². The quantitative estimate of drug-likeness (QED) is 0.0574. The Balaban J connectivity index is 1.66. The highest BCUT2D eigenvalue weighted by Crippen LogP contribution is 2.30. The molecule has 0 aliphatic heterocycles. The second-order valence-electron chi connectivity index (χ2n) is 16.6. The molecular formula is C53H84O7. The molecule has 0 fully saturated rings. The van der Waals surface area contributed by atoms with Gasteiger partial charge >= 0.3 is 0 Å². The van der Waals surface area contributed by atoms with Gasteiger partial charge in [0.15, 0.2) is 0 Å². The number of benzene rings is 3. The minimum atomic E-state index is -0.121. The Kier molecular flexibility index (Phi) is 28.8. The Morgan fingerprint density at radius 2 is 0.517 bits per heavy atom. The third kappa shape index (κ3) is 24.0. The van der Waals surface area contributed by atoms with Gasteiger partial charge in [0.2, 0.25) is 0 Å². The van der Waals surface area contributed by atoms with Crippen molar-refractivity contribution >= 4 is 0 Å². The molecule has 7 nitrogen and oxygen atoms in total. The van der Waals surface area contributed by atoms with Crippen molar-refractivity contribution in [3.8, 4) is 34.5 Å². The predicted molar refractivity (Wildman–Crippen MR) is 249 cm³/mol. The molecule has 338 valence electrons. The first-order valence-electron chi connectivity index (χ1n) is 24.4. The van der Waals surface area contributed by atoms with Crippen LogP contribution in [0.3, 0.4) is 0 Å². The summed E-state index contributed by atoms with van der Waals surface area (Å²) >= 11 is 0. The van der Waals surface area contributed by atoms with Gasteiger partial charge in [-0.1, -0.05) is 156 Å². The van der Waals surface area contributed by atoms with Crippen LogP contribution in [0.1, 0.15) is 198 Å². The van der Waals surface area contributed by atoms with Crippen molar-refractivity contribution in [2.45, 2.75) is 202 Å². The molecule has 0 unspecified atom stereocenters. The fourth-order valence-corrected chi connectivity index (χ4v) is 7.27. The van der Waals surface area contributed by atoms with E-state index in [1.165, 1.54) is 128 Å². The van der Waals surface area contributed by atoms with E-state index in [0.717, 1.165) is 65.4 Å². The van der Waals surface area contributed by atoms with Crippen LogP contribution in [0, 0.1) is 0 Å². The Morgan fingerprint density at radius 1 is 0.283 bits per heavy atom. The number of hydrogen-bond acceptors (Lipinski definition) is 7. The highest BCUT2D eigenvalue weighted by atomic mass is 16.5. The summed E-state index contributed by atoms with van der Waals surface area (Å²) < 4.78 is 37.7. The van der Waals surface area contributed by atoms with Crippen LogP contribution in [0.5, 0.6) is 34.5 Å². The minimum Gasteiger partial charge on any atom is -0.493 e. The Hall–Kier alpha value is -3.58. The molecule has 0 saturated heterocycles. The van der Waals surface area contributed by atoms with E-state index >= 15 is 0 Å². The molecule has 0 atom stereocenters. The van der Waals surface area contributed by atoms with Crippen molar-refractivity contribution in [1.82, 2.24) is 0 Å². The molecule has 3 aromatic rings. The van der Waals surface area contributed by atoms with Crippen LogP contribution in [0.4, 0.5) is 0 Å².